The zero-order chi connectivity index (χ0) is 13.7. The first-order chi connectivity index (χ1) is 9.16. The molecule has 1 aromatic rings. The summed E-state index contributed by atoms with van der Waals surface area (Å²) in [5.74, 6) is 1.28. The summed E-state index contributed by atoms with van der Waals surface area (Å²) in [7, 11) is 1.85. The first-order valence-electron chi connectivity index (χ1n) is 6.80. The molecule has 0 bridgehead atoms. The fourth-order valence-electron chi connectivity index (χ4n) is 2.43. The van der Waals surface area contributed by atoms with Crippen molar-refractivity contribution in [1.29, 1.82) is 0 Å². The van der Waals surface area contributed by atoms with Crippen molar-refractivity contribution in [3.05, 3.63) is 29.3 Å². The van der Waals surface area contributed by atoms with E-state index in [0.717, 1.165) is 18.6 Å². The monoisotopic (exact) mass is 281 g/mol. The Morgan fingerprint density at radius 2 is 1.95 bits per heavy atom. The molecule has 1 aliphatic carbocycles. The molecular formula is C15H20ClNO2. The maximum atomic E-state index is 12.1. The fraction of sp³-hybridized carbons (Fsp3) is 0.533. The Balaban J connectivity index is 1.72. The van der Waals surface area contributed by atoms with E-state index in [0.29, 0.717) is 18.2 Å². The van der Waals surface area contributed by atoms with Gasteiger partial charge >= 0.3 is 0 Å². The van der Waals surface area contributed by atoms with Crippen molar-refractivity contribution in [2.45, 2.75) is 25.7 Å². The summed E-state index contributed by atoms with van der Waals surface area (Å²) in [6, 6.07) is 7.26. The van der Waals surface area contributed by atoms with Crippen molar-refractivity contribution < 1.29 is 9.53 Å². The van der Waals surface area contributed by atoms with Crippen LogP contribution in [0.4, 0.5) is 0 Å². The maximum Gasteiger partial charge on any atom is 0.225 e. The van der Waals surface area contributed by atoms with Gasteiger partial charge in [0.1, 0.15) is 12.4 Å². The molecule has 0 saturated heterocycles. The van der Waals surface area contributed by atoms with Crippen LogP contribution >= 0.6 is 11.6 Å². The van der Waals surface area contributed by atoms with E-state index in [1.54, 1.807) is 17.0 Å². The van der Waals surface area contributed by atoms with E-state index in [4.69, 9.17) is 16.3 Å². The predicted molar refractivity (Wildman–Crippen MR) is 76.5 cm³/mol. The number of rotatable bonds is 5. The van der Waals surface area contributed by atoms with Crippen LogP contribution < -0.4 is 4.74 Å². The molecule has 0 aliphatic heterocycles. The number of nitrogens with zero attached hydrogens (tertiary/aromatic N) is 1. The van der Waals surface area contributed by atoms with Gasteiger partial charge in [-0.15, -0.1) is 0 Å². The molecule has 19 heavy (non-hydrogen) atoms. The van der Waals surface area contributed by atoms with Gasteiger partial charge in [0, 0.05) is 18.0 Å². The highest BCUT2D eigenvalue weighted by atomic mass is 35.5. The molecule has 2 rings (SSSR count). The second-order valence-corrected chi connectivity index (χ2v) is 5.48. The third kappa shape index (κ3) is 4.13. The van der Waals surface area contributed by atoms with Crippen LogP contribution in [0.2, 0.25) is 5.02 Å². The average Bonchev–Trinajstić information content (AvgIpc) is 2.94. The van der Waals surface area contributed by atoms with Gasteiger partial charge in [-0.2, -0.15) is 0 Å². The van der Waals surface area contributed by atoms with Crippen LogP contribution in [-0.4, -0.2) is 31.0 Å². The molecule has 4 heteroatoms. The molecule has 104 valence electrons. The molecule has 1 fully saturated rings. The highest BCUT2D eigenvalue weighted by Gasteiger charge is 2.25. The molecule has 0 unspecified atom stereocenters. The van der Waals surface area contributed by atoms with Crippen LogP contribution in [0.25, 0.3) is 0 Å². The second-order valence-electron chi connectivity index (χ2n) is 5.04. The second kappa shape index (κ2) is 6.80. The van der Waals surface area contributed by atoms with Crippen molar-refractivity contribution in [3.63, 3.8) is 0 Å². The molecule has 1 aromatic carbocycles. The number of halogens is 1. The normalized spacial score (nSPS) is 15.5. The summed E-state index contributed by atoms with van der Waals surface area (Å²) < 4.78 is 5.59. The van der Waals surface area contributed by atoms with Gasteiger partial charge in [0.05, 0.1) is 6.54 Å². The van der Waals surface area contributed by atoms with Crippen molar-refractivity contribution in [3.8, 4) is 5.75 Å². The first kappa shape index (κ1) is 14.2. The van der Waals surface area contributed by atoms with Crippen molar-refractivity contribution >= 4 is 17.5 Å². The molecule has 0 atom stereocenters. The number of amides is 1. The van der Waals surface area contributed by atoms with Gasteiger partial charge < -0.3 is 9.64 Å². The van der Waals surface area contributed by atoms with Gasteiger partial charge in [0.25, 0.3) is 0 Å². The summed E-state index contributed by atoms with van der Waals surface area (Å²) in [4.78, 5) is 13.9. The average molecular weight is 282 g/mol. The fourth-order valence-corrected chi connectivity index (χ4v) is 2.55. The van der Waals surface area contributed by atoms with Crippen molar-refractivity contribution in [2.75, 3.05) is 20.2 Å². The number of likely N-dealkylation sites (N-methyl/N-ethyl adjacent to an activating group) is 1. The van der Waals surface area contributed by atoms with E-state index in [2.05, 4.69) is 0 Å². The Labute approximate surface area is 119 Å². The minimum Gasteiger partial charge on any atom is -0.492 e. The zero-order valence-corrected chi connectivity index (χ0v) is 12.0. The van der Waals surface area contributed by atoms with Crippen LogP contribution in [0.1, 0.15) is 25.7 Å². The van der Waals surface area contributed by atoms with E-state index >= 15 is 0 Å². The van der Waals surface area contributed by atoms with Crippen molar-refractivity contribution in [1.82, 2.24) is 4.90 Å². The number of benzene rings is 1. The molecular weight excluding hydrogens is 262 g/mol. The van der Waals surface area contributed by atoms with Gasteiger partial charge in [0.15, 0.2) is 0 Å². The number of carbonyl (C=O) groups is 1. The number of hydrogen-bond donors (Lipinski definition) is 0. The van der Waals surface area contributed by atoms with Crippen molar-refractivity contribution in [2.24, 2.45) is 5.92 Å². The summed E-state index contributed by atoms with van der Waals surface area (Å²) >= 11 is 5.80. The SMILES string of the molecule is CN(CCOc1ccc(Cl)cc1)C(=O)C1CCCC1. The molecule has 0 radical (unpaired) electrons. The molecule has 1 saturated carbocycles. The molecule has 1 aliphatic rings. The molecule has 0 aromatic heterocycles. The summed E-state index contributed by atoms with van der Waals surface area (Å²) in [6.45, 7) is 1.13. The smallest absolute Gasteiger partial charge is 0.225 e. The van der Waals surface area contributed by atoms with Gasteiger partial charge in [-0.05, 0) is 37.1 Å². The van der Waals surface area contributed by atoms with E-state index in [1.807, 2.05) is 19.2 Å². The number of hydrogen-bond acceptors (Lipinski definition) is 2. The summed E-state index contributed by atoms with van der Waals surface area (Å²) in [5, 5.41) is 0.695. The Morgan fingerprint density at radius 3 is 2.58 bits per heavy atom. The quantitative estimate of drug-likeness (QED) is 0.828. The lowest BCUT2D eigenvalue weighted by Gasteiger charge is -2.21. The molecule has 0 heterocycles. The topological polar surface area (TPSA) is 29.5 Å². The van der Waals surface area contributed by atoms with Gasteiger partial charge in [-0.1, -0.05) is 24.4 Å². The standard InChI is InChI=1S/C15H20ClNO2/c1-17(15(18)12-4-2-3-5-12)10-11-19-14-8-6-13(16)7-9-14/h6-9,12H,2-5,10-11H2,1H3. The Morgan fingerprint density at radius 1 is 1.32 bits per heavy atom. The Hall–Kier alpha value is -1.22. The maximum absolute atomic E-state index is 12.1. The summed E-state index contributed by atoms with van der Waals surface area (Å²) in [5.41, 5.74) is 0. The minimum atomic E-state index is 0.237. The Kier molecular flexibility index (Phi) is 5.08. The van der Waals surface area contributed by atoms with E-state index < -0.39 is 0 Å². The third-order valence-electron chi connectivity index (χ3n) is 3.59. The molecule has 0 N–H and O–H groups in total. The lowest BCUT2D eigenvalue weighted by molar-refractivity contribution is -0.134. The largest absolute Gasteiger partial charge is 0.492 e. The lowest BCUT2D eigenvalue weighted by atomic mass is 10.1. The lowest BCUT2D eigenvalue weighted by Crippen LogP contribution is -2.34. The molecule has 1 amide bonds. The Bertz CT molecular complexity index is 413. The minimum absolute atomic E-state index is 0.237. The van der Waals surface area contributed by atoms with Crippen LogP contribution in [-0.2, 0) is 4.79 Å². The van der Waals surface area contributed by atoms with Gasteiger partial charge in [-0.25, -0.2) is 0 Å². The predicted octanol–water partition coefficient (Wildman–Crippen LogP) is 3.37. The van der Waals surface area contributed by atoms with Crippen LogP contribution in [0, 0.1) is 5.92 Å². The molecule has 0 spiro atoms. The highest BCUT2D eigenvalue weighted by Crippen LogP contribution is 2.26. The summed E-state index contributed by atoms with van der Waals surface area (Å²) in [6.07, 6.45) is 4.46. The van der Waals surface area contributed by atoms with Gasteiger partial charge in [-0.3, -0.25) is 4.79 Å². The van der Waals surface area contributed by atoms with Crippen LogP contribution in [0.5, 0.6) is 5.75 Å². The third-order valence-corrected chi connectivity index (χ3v) is 3.84. The number of ether oxygens (including phenoxy) is 1. The highest BCUT2D eigenvalue weighted by molar-refractivity contribution is 6.30. The zero-order valence-electron chi connectivity index (χ0n) is 11.3. The van der Waals surface area contributed by atoms with E-state index in [-0.39, 0.29) is 11.8 Å². The number of carbonyl (C=O) groups excluding carboxylic acids is 1. The van der Waals surface area contributed by atoms with E-state index in [9.17, 15) is 4.79 Å². The van der Waals surface area contributed by atoms with E-state index in [1.165, 1.54) is 12.8 Å². The first-order valence-corrected chi connectivity index (χ1v) is 7.18. The van der Waals surface area contributed by atoms with Gasteiger partial charge in [0.2, 0.25) is 5.91 Å². The molecule has 3 nitrogen and oxygen atoms in total. The van der Waals surface area contributed by atoms with Crippen LogP contribution in [0.3, 0.4) is 0 Å². The van der Waals surface area contributed by atoms with Crippen LogP contribution in [0.15, 0.2) is 24.3 Å².